The molecule has 1 aliphatic heterocycles. The van der Waals surface area contributed by atoms with Crippen molar-refractivity contribution in [3.8, 4) is 0 Å². The molecular weight excluding hydrogens is 196 g/mol. The van der Waals surface area contributed by atoms with Gasteiger partial charge < -0.3 is 15.7 Å². The van der Waals surface area contributed by atoms with E-state index in [1.54, 1.807) is 0 Å². The molecular formula is C10H16N2O3. The first-order valence-corrected chi connectivity index (χ1v) is 5.02. The summed E-state index contributed by atoms with van der Waals surface area (Å²) >= 11 is 0. The van der Waals surface area contributed by atoms with Crippen LogP contribution in [0.2, 0.25) is 0 Å². The van der Waals surface area contributed by atoms with E-state index in [9.17, 15) is 9.59 Å². The molecule has 3 N–H and O–H groups in total. The Kier molecular flexibility index (Phi) is 4.30. The number of carboxylic acid groups (broad SMARTS) is 1. The average molecular weight is 212 g/mol. The van der Waals surface area contributed by atoms with Crippen LogP contribution in [0.1, 0.15) is 19.3 Å². The molecule has 1 rings (SSSR count). The quantitative estimate of drug-likeness (QED) is 0.555. The van der Waals surface area contributed by atoms with Crippen molar-refractivity contribution in [1.82, 2.24) is 10.6 Å². The van der Waals surface area contributed by atoms with Gasteiger partial charge in [0.2, 0.25) is 5.91 Å². The van der Waals surface area contributed by atoms with Crippen LogP contribution in [0, 0.1) is 0 Å². The van der Waals surface area contributed by atoms with Crippen molar-refractivity contribution in [1.29, 1.82) is 0 Å². The van der Waals surface area contributed by atoms with Crippen LogP contribution >= 0.6 is 0 Å². The number of aliphatic carboxylic acids is 1. The Labute approximate surface area is 88.5 Å². The third-order valence-electron chi connectivity index (χ3n) is 2.39. The molecule has 1 amide bonds. The molecule has 0 radical (unpaired) electrons. The molecule has 0 saturated carbocycles. The number of amides is 1. The number of hydrogen-bond acceptors (Lipinski definition) is 3. The molecule has 5 nitrogen and oxygen atoms in total. The monoisotopic (exact) mass is 212 g/mol. The van der Waals surface area contributed by atoms with Crippen LogP contribution in [0.15, 0.2) is 12.7 Å². The van der Waals surface area contributed by atoms with Crippen molar-refractivity contribution >= 4 is 11.9 Å². The van der Waals surface area contributed by atoms with Gasteiger partial charge in [0.05, 0.1) is 6.04 Å². The smallest absolute Gasteiger partial charge is 0.326 e. The fourth-order valence-electron chi connectivity index (χ4n) is 1.57. The minimum atomic E-state index is -1.03. The molecule has 0 aromatic carbocycles. The lowest BCUT2D eigenvalue weighted by Crippen LogP contribution is -2.48. The normalized spacial score (nSPS) is 22.0. The van der Waals surface area contributed by atoms with Gasteiger partial charge in [-0.2, -0.15) is 0 Å². The van der Waals surface area contributed by atoms with E-state index >= 15 is 0 Å². The van der Waals surface area contributed by atoms with Gasteiger partial charge >= 0.3 is 5.97 Å². The molecule has 1 saturated heterocycles. The van der Waals surface area contributed by atoms with Gasteiger partial charge in [-0.25, -0.2) is 4.79 Å². The zero-order valence-corrected chi connectivity index (χ0v) is 8.53. The largest absolute Gasteiger partial charge is 0.480 e. The summed E-state index contributed by atoms with van der Waals surface area (Å²) in [6.07, 6.45) is 3.46. The van der Waals surface area contributed by atoms with Crippen LogP contribution < -0.4 is 10.6 Å². The van der Waals surface area contributed by atoms with Gasteiger partial charge in [0, 0.05) is 0 Å². The van der Waals surface area contributed by atoms with Gasteiger partial charge in [0.25, 0.3) is 0 Å². The van der Waals surface area contributed by atoms with Gasteiger partial charge in [-0.05, 0) is 25.8 Å². The van der Waals surface area contributed by atoms with Crippen LogP contribution in [-0.4, -0.2) is 35.6 Å². The minimum Gasteiger partial charge on any atom is -0.480 e. The summed E-state index contributed by atoms with van der Waals surface area (Å²) in [6, 6.07) is -1.10. The van der Waals surface area contributed by atoms with Crippen molar-refractivity contribution in [3.63, 3.8) is 0 Å². The second-order valence-electron chi connectivity index (χ2n) is 3.57. The first-order valence-electron chi connectivity index (χ1n) is 5.02. The van der Waals surface area contributed by atoms with Crippen LogP contribution in [0.4, 0.5) is 0 Å². The highest BCUT2D eigenvalue weighted by Gasteiger charge is 2.26. The van der Waals surface area contributed by atoms with E-state index in [1.807, 2.05) is 0 Å². The summed E-state index contributed by atoms with van der Waals surface area (Å²) in [5.41, 5.74) is 0. The highest BCUT2D eigenvalue weighted by atomic mass is 16.4. The van der Waals surface area contributed by atoms with Crippen LogP contribution in [0.5, 0.6) is 0 Å². The van der Waals surface area contributed by atoms with Gasteiger partial charge in [-0.3, -0.25) is 4.79 Å². The summed E-state index contributed by atoms with van der Waals surface area (Å²) in [5, 5.41) is 14.3. The topological polar surface area (TPSA) is 78.4 Å². The molecule has 0 spiro atoms. The maximum atomic E-state index is 11.6. The molecule has 1 unspecified atom stereocenters. The molecule has 84 valence electrons. The number of nitrogens with one attached hydrogen (secondary N) is 2. The molecule has 1 heterocycles. The lowest BCUT2D eigenvalue weighted by Gasteiger charge is -2.16. The maximum Gasteiger partial charge on any atom is 0.326 e. The molecule has 0 bridgehead atoms. The number of carbonyl (C=O) groups is 2. The molecule has 1 aliphatic rings. The second kappa shape index (κ2) is 5.50. The van der Waals surface area contributed by atoms with Crippen molar-refractivity contribution in [3.05, 3.63) is 12.7 Å². The van der Waals surface area contributed by atoms with E-state index in [-0.39, 0.29) is 18.4 Å². The average Bonchev–Trinajstić information content (AvgIpc) is 2.69. The van der Waals surface area contributed by atoms with Gasteiger partial charge in [-0.15, -0.1) is 6.58 Å². The first kappa shape index (κ1) is 11.7. The summed E-state index contributed by atoms with van der Waals surface area (Å²) in [6.45, 7) is 4.27. The fourth-order valence-corrected chi connectivity index (χ4v) is 1.57. The Morgan fingerprint density at radius 3 is 2.87 bits per heavy atom. The van der Waals surface area contributed by atoms with Gasteiger partial charge in [0.15, 0.2) is 0 Å². The zero-order chi connectivity index (χ0) is 11.3. The Hall–Kier alpha value is -1.36. The van der Waals surface area contributed by atoms with Crippen molar-refractivity contribution in [2.45, 2.75) is 31.3 Å². The second-order valence-corrected chi connectivity index (χ2v) is 3.57. The van der Waals surface area contributed by atoms with Crippen LogP contribution in [0.25, 0.3) is 0 Å². The number of carbonyl (C=O) groups excluding carboxylic acids is 1. The molecule has 15 heavy (non-hydrogen) atoms. The minimum absolute atomic E-state index is 0.234. The lowest BCUT2D eigenvalue weighted by molar-refractivity contribution is -0.141. The predicted molar refractivity (Wildman–Crippen MR) is 55.4 cm³/mol. The number of hydrogen-bond donors (Lipinski definition) is 3. The predicted octanol–water partition coefficient (Wildman–Crippen LogP) is -0.116. The molecule has 5 heteroatoms. The van der Waals surface area contributed by atoms with E-state index in [0.29, 0.717) is 0 Å². The number of carboxylic acids is 1. The van der Waals surface area contributed by atoms with E-state index in [4.69, 9.17) is 5.11 Å². The molecule has 1 fully saturated rings. The van der Waals surface area contributed by atoms with Crippen molar-refractivity contribution < 1.29 is 14.7 Å². The van der Waals surface area contributed by atoms with Crippen LogP contribution in [0.3, 0.4) is 0 Å². The molecule has 0 aromatic rings. The Morgan fingerprint density at radius 1 is 1.67 bits per heavy atom. The summed E-state index contributed by atoms with van der Waals surface area (Å²) < 4.78 is 0. The van der Waals surface area contributed by atoms with E-state index in [0.717, 1.165) is 19.4 Å². The maximum absolute atomic E-state index is 11.6. The first-order chi connectivity index (χ1) is 7.15. The summed E-state index contributed by atoms with van der Waals surface area (Å²) in [4.78, 5) is 22.3. The highest BCUT2D eigenvalue weighted by Crippen LogP contribution is 2.05. The summed E-state index contributed by atoms with van der Waals surface area (Å²) in [7, 11) is 0. The van der Waals surface area contributed by atoms with Crippen molar-refractivity contribution in [2.24, 2.45) is 0 Å². The van der Waals surface area contributed by atoms with Gasteiger partial charge in [-0.1, -0.05) is 6.08 Å². The Balaban J connectivity index is 2.45. The molecule has 2 atom stereocenters. The van der Waals surface area contributed by atoms with E-state index in [1.165, 1.54) is 6.08 Å². The Bertz CT molecular complexity index is 259. The highest BCUT2D eigenvalue weighted by molar-refractivity contribution is 5.87. The number of rotatable bonds is 5. The molecule has 0 aromatic heterocycles. The Morgan fingerprint density at radius 2 is 2.40 bits per heavy atom. The standard InChI is InChI=1S/C10H16N2O3/c1-2-4-8(10(14)15)12-9(13)7-5-3-6-11-7/h2,7-8,11H,1,3-6H2,(H,12,13)(H,14,15)/t7-,8?/m1/s1. The zero-order valence-electron chi connectivity index (χ0n) is 8.53. The SMILES string of the molecule is C=CCC(NC(=O)[C@H]1CCCN1)C(=O)O. The summed E-state index contributed by atoms with van der Waals surface area (Å²) in [5.74, 6) is -1.26. The lowest BCUT2D eigenvalue weighted by atomic mass is 10.1. The van der Waals surface area contributed by atoms with Gasteiger partial charge in [0.1, 0.15) is 6.04 Å². The third-order valence-corrected chi connectivity index (χ3v) is 2.39. The van der Waals surface area contributed by atoms with Crippen molar-refractivity contribution in [2.75, 3.05) is 6.54 Å². The molecule has 0 aliphatic carbocycles. The van der Waals surface area contributed by atoms with E-state index in [2.05, 4.69) is 17.2 Å². The van der Waals surface area contributed by atoms with E-state index < -0.39 is 12.0 Å². The third kappa shape index (κ3) is 3.36. The van der Waals surface area contributed by atoms with Crippen LogP contribution in [-0.2, 0) is 9.59 Å². The fraction of sp³-hybridized carbons (Fsp3) is 0.600.